The second-order valence-corrected chi connectivity index (χ2v) is 7.81. The highest BCUT2D eigenvalue weighted by Crippen LogP contribution is 2.25. The highest BCUT2D eigenvalue weighted by Gasteiger charge is 2.15. The molecule has 0 unspecified atom stereocenters. The molecule has 7 heteroatoms. The van der Waals surface area contributed by atoms with Crippen molar-refractivity contribution in [1.82, 2.24) is 0 Å². The van der Waals surface area contributed by atoms with E-state index < -0.39 is 11.5 Å². The van der Waals surface area contributed by atoms with E-state index in [-0.39, 0.29) is 5.56 Å². The van der Waals surface area contributed by atoms with Gasteiger partial charge in [-0.1, -0.05) is 11.6 Å². The molecule has 4 rings (SSSR count). The number of hydrogen-bond donors (Lipinski definition) is 1. The molecule has 4 aromatic rings. The number of halogens is 1. The smallest absolute Gasteiger partial charge is 0.349 e. The molecule has 0 saturated carbocycles. The normalized spacial score (nSPS) is 10.8. The summed E-state index contributed by atoms with van der Waals surface area (Å²) in [5.74, 6) is 0.712. The monoisotopic (exact) mass is 462 g/mol. The van der Waals surface area contributed by atoms with Gasteiger partial charge in [-0.15, -0.1) is 0 Å². The zero-order chi connectivity index (χ0) is 23.4. The van der Waals surface area contributed by atoms with Gasteiger partial charge in [0.05, 0.1) is 0 Å². The molecule has 1 aromatic heterocycles. The molecule has 0 bridgehead atoms. The summed E-state index contributed by atoms with van der Waals surface area (Å²) in [4.78, 5) is 27.4. The van der Waals surface area contributed by atoms with Crippen molar-refractivity contribution in [2.75, 3.05) is 23.3 Å². The molecule has 1 amide bonds. The Labute approximate surface area is 196 Å². The first-order valence-electron chi connectivity index (χ1n) is 10.6. The third-order valence-corrected chi connectivity index (χ3v) is 5.51. The summed E-state index contributed by atoms with van der Waals surface area (Å²) in [5, 5.41) is 4.04. The Balaban J connectivity index is 1.50. The van der Waals surface area contributed by atoms with Crippen LogP contribution in [0.15, 0.2) is 82.0 Å². The molecule has 0 radical (unpaired) electrons. The lowest BCUT2D eigenvalue weighted by Gasteiger charge is -2.21. The van der Waals surface area contributed by atoms with Crippen molar-refractivity contribution >= 4 is 39.9 Å². The molecule has 0 aliphatic heterocycles. The number of carbonyl (C=O) groups is 1. The fourth-order valence-corrected chi connectivity index (χ4v) is 3.61. The van der Waals surface area contributed by atoms with Crippen LogP contribution in [0.5, 0.6) is 11.5 Å². The van der Waals surface area contributed by atoms with Gasteiger partial charge in [-0.25, -0.2) is 4.79 Å². The molecule has 3 aromatic carbocycles. The van der Waals surface area contributed by atoms with E-state index in [1.165, 1.54) is 0 Å². The molecule has 1 N–H and O–H groups in total. The number of amides is 1. The van der Waals surface area contributed by atoms with Gasteiger partial charge in [-0.3, -0.25) is 4.79 Å². The van der Waals surface area contributed by atoms with Gasteiger partial charge in [0.25, 0.3) is 5.91 Å². The minimum absolute atomic E-state index is 0.0559. The zero-order valence-electron chi connectivity index (χ0n) is 18.3. The van der Waals surface area contributed by atoms with Crippen molar-refractivity contribution in [3.05, 3.63) is 93.8 Å². The van der Waals surface area contributed by atoms with E-state index >= 15 is 0 Å². The molecular weight excluding hydrogens is 440 g/mol. The molecule has 6 nitrogen and oxygen atoms in total. The summed E-state index contributed by atoms with van der Waals surface area (Å²) in [7, 11) is 0. The third kappa shape index (κ3) is 5.18. The number of rotatable bonds is 7. The van der Waals surface area contributed by atoms with Gasteiger partial charge < -0.3 is 19.4 Å². The Hall–Kier alpha value is -3.77. The highest BCUT2D eigenvalue weighted by molar-refractivity contribution is 6.30. The van der Waals surface area contributed by atoms with Gasteiger partial charge in [0.2, 0.25) is 0 Å². The largest absolute Gasteiger partial charge is 0.457 e. The predicted octanol–water partition coefficient (Wildman–Crippen LogP) is 6.34. The molecule has 168 valence electrons. The summed E-state index contributed by atoms with van der Waals surface area (Å²) in [6.45, 7) is 5.81. The van der Waals surface area contributed by atoms with Crippen LogP contribution >= 0.6 is 11.6 Å². The van der Waals surface area contributed by atoms with Gasteiger partial charge in [0, 0.05) is 40.9 Å². The first kappa shape index (κ1) is 22.4. The van der Waals surface area contributed by atoms with Gasteiger partial charge in [-0.2, -0.15) is 0 Å². The number of hydrogen-bond acceptors (Lipinski definition) is 5. The number of nitrogens with one attached hydrogen (secondary N) is 1. The van der Waals surface area contributed by atoms with Crippen LogP contribution in [0.25, 0.3) is 11.0 Å². The lowest BCUT2D eigenvalue weighted by atomic mass is 10.1. The molecule has 0 saturated heterocycles. The van der Waals surface area contributed by atoms with Crippen LogP contribution in [0.1, 0.15) is 24.2 Å². The summed E-state index contributed by atoms with van der Waals surface area (Å²) < 4.78 is 11.2. The molecule has 0 spiro atoms. The maximum Gasteiger partial charge on any atom is 0.349 e. The van der Waals surface area contributed by atoms with Crippen molar-refractivity contribution in [2.24, 2.45) is 0 Å². The maximum absolute atomic E-state index is 12.7. The van der Waals surface area contributed by atoms with E-state index in [1.807, 2.05) is 18.2 Å². The van der Waals surface area contributed by atoms with Crippen molar-refractivity contribution in [3.63, 3.8) is 0 Å². The maximum atomic E-state index is 12.7. The molecule has 0 aliphatic carbocycles. The van der Waals surface area contributed by atoms with Gasteiger partial charge >= 0.3 is 5.63 Å². The van der Waals surface area contributed by atoms with Gasteiger partial charge in [0.1, 0.15) is 22.6 Å². The Morgan fingerprint density at radius 3 is 2.21 bits per heavy atom. The predicted molar refractivity (Wildman–Crippen MR) is 132 cm³/mol. The first-order valence-corrected chi connectivity index (χ1v) is 11.0. The lowest BCUT2D eigenvalue weighted by Crippen LogP contribution is -2.22. The van der Waals surface area contributed by atoms with Crippen molar-refractivity contribution < 1.29 is 13.9 Å². The van der Waals surface area contributed by atoms with Crippen LogP contribution in [0.3, 0.4) is 0 Å². The minimum atomic E-state index is -0.681. The molecule has 0 aliphatic rings. The number of ether oxygens (including phenoxy) is 1. The topological polar surface area (TPSA) is 71.8 Å². The molecule has 0 atom stereocenters. The Morgan fingerprint density at radius 2 is 1.58 bits per heavy atom. The van der Waals surface area contributed by atoms with Gasteiger partial charge in [0.15, 0.2) is 0 Å². The SMILES string of the molecule is CCN(CC)c1ccc2cc(C(=O)Nc3ccc(Oc4ccc(Cl)cc4)cc3)c(=O)oc2c1. The molecule has 0 fully saturated rings. The average Bonchev–Trinajstić information content (AvgIpc) is 2.82. The van der Waals surface area contributed by atoms with Crippen LogP contribution in [0.2, 0.25) is 5.02 Å². The van der Waals surface area contributed by atoms with E-state index in [4.69, 9.17) is 20.8 Å². The van der Waals surface area contributed by atoms with Crippen LogP contribution in [0.4, 0.5) is 11.4 Å². The van der Waals surface area contributed by atoms with Crippen LogP contribution in [0, 0.1) is 0 Å². The molecule has 33 heavy (non-hydrogen) atoms. The summed E-state index contributed by atoms with van der Waals surface area (Å²) in [6, 6.07) is 21.0. The van der Waals surface area contributed by atoms with Crippen LogP contribution in [-0.2, 0) is 0 Å². The van der Waals surface area contributed by atoms with Crippen molar-refractivity contribution in [2.45, 2.75) is 13.8 Å². The highest BCUT2D eigenvalue weighted by atomic mass is 35.5. The second kappa shape index (κ2) is 9.79. The average molecular weight is 463 g/mol. The first-order chi connectivity index (χ1) is 16.0. The van der Waals surface area contributed by atoms with Crippen molar-refractivity contribution in [1.29, 1.82) is 0 Å². The van der Waals surface area contributed by atoms with Gasteiger partial charge in [-0.05, 0) is 80.6 Å². The van der Waals surface area contributed by atoms with Crippen molar-refractivity contribution in [3.8, 4) is 11.5 Å². The van der Waals surface area contributed by atoms with E-state index in [9.17, 15) is 9.59 Å². The fourth-order valence-electron chi connectivity index (χ4n) is 3.49. The third-order valence-electron chi connectivity index (χ3n) is 5.25. The number of benzene rings is 3. The second-order valence-electron chi connectivity index (χ2n) is 7.38. The van der Waals surface area contributed by atoms with E-state index in [0.29, 0.717) is 33.2 Å². The number of fused-ring (bicyclic) bond motifs is 1. The van der Waals surface area contributed by atoms with E-state index in [2.05, 4.69) is 24.1 Å². The van der Waals surface area contributed by atoms with Crippen LogP contribution in [-0.4, -0.2) is 19.0 Å². The minimum Gasteiger partial charge on any atom is -0.457 e. The van der Waals surface area contributed by atoms with E-state index in [0.717, 1.165) is 18.8 Å². The Kier molecular flexibility index (Phi) is 6.66. The lowest BCUT2D eigenvalue weighted by molar-refractivity contribution is 0.102. The fraction of sp³-hybridized carbons (Fsp3) is 0.154. The number of anilines is 2. The molecular formula is C26H23ClN2O4. The number of carbonyl (C=O) groups excluding carboxylic acids is 1. The van der Waals surface area contributed by atoms with Crippen LogP contribution < -0.4 is 20.6 Å². The standard InChI is InChI=1S/C26H23ClN2O4/c1-3-29(4-2)20-10-5-17-15-23(26(31)33-24(17)16-20)25(30)28-19-8-13-22(14-9-19)32-21-11-6-18(27)7-12-21/h5-16H,3-4H2,1-2H3,(H,28,30). The quantitative estimate of drug-likeness (QED) is 0.324. The Bertz CT molecular complexity index is 1330. The summed E-state index contributed by atoms with van der Waals surface area (Å²) in [5.41, 5.74) is 1.21. The number of nitrogens with zero attached hydrogens (tertiary/aromatic N) is 1. The Morgan fingerprint density at radius 1 is 0.939 bits per heavy atom. The zero-order valence-corrected chi connectivity index (χ0v) is 19.1. The van der Waals surface area contributed by atoms with E-state index in [1.54, 1.807) is 54.6 Å². The summed E-state index contributed by atoms with van der Waals surface area (Å²) in [6.07, 6.45) is 0. The molecule has 1 heterocycles. The summed E-state index contributed by atoms with van der Waals surface area (Å²) >= 11 is 5.88.